The number of fused-ring (bicyclic) bond motifs is 1. The van der Waals surface area contributed by atoms with E-state index < -0.39 is 6.03 Å². The van der Waals surface area contributed by atoms with Crippen LogP contribution in [0.15, 0.2) is 36.8 Å². The van der Waals surface area contributed by atoms with Gasteiger partial charge in [-0.3, -0.25) is 4.90 Å². The van der Waals surface area contributed by atoms with Gasteiger partial charge in [0, 0.05) is 23.5 Å². The van der Waals surface area contributed by atoms with Crippen molar-refractivity contribution in [2.24, 2.45) is 5.73 Å². The first-order valence-corrected chi connectivity index (χ1v) is 7.81. The molecule has 0 unspecified atom stereocenters. The molecule has 0 aliphatic rings. The summed E-state index contributed by atoms with van der Waals surface area (Å²) >= 11 is 1.48. The van der Waals surface area contributed by atoms with Crippen LogP contribution >= 0.6 is 11.3 Å². The van der Waals surface area contributed by atoms with Crippen LogP contribution in [0.4, 0.5) is 9.93 Å². The molecular formula is C15H17N5OS. The highest BCUT2D eigenvalue weighted by atomic mass is 32.1. The summed E-state index contributed by atoms with van der Waals surface area (Å²) in [5, 5.41) is 0.605. The predicted molar refractivity (Wildman–Crippen MR) is 87.2 cm³/mol. The highest BCUT2D eigenvalue weighted by Crippen LogP contribution is 2.28. The highest BCUT2D eigenvalue weighted by molar-refractivity contribution is 7.15. The minimum Gasteiger partial charge on any atom is -0.351 e. The van der Waals surface area contributed by atoms with Gasteiger partial charge in [-0.25, -0.2) is 14.8 Å². The third kappa shape index (κ3) is 2.80. The number of imidazole rings is 1. The molecule has 0 aromatic carbocycles. The summed E-state index contributed by atoms with van der Waals surface area (Å²) in [4.78, 5) is 23.2. The molecule has 0 bridgehead atoms. The number of aromatic nitrogens is 3. The lowest BCUT2D eigenvalue weighted by atomic mass is 10.2. The molecule has 0 aliphatic carbocycles. The van der Waals surface area contributed by atoms with Crippen LogP contribution in [0.1, 0.15) is 30.3 Å². The van der Waals surface area contributed by atoms with E-state index in [1.165, 1.54) is 16.2 Å². The Labute approximate surface area is 132 Å². The van der Waals surface area contributed by atoms with Gasteiger partial charge in [0.15, 0.2) is 5.13 Å². The Morgan fingerprint density at radius 2 is 2.27 bits per heavy atom. The van der Waals surface area contributed by atoms with E-state index >= 15 is 0 Å². The number of amides is 2. The standard InChI is InChI=1S/C15H17N5OS/c1-10(2)12-7-17-15(22-12)20(14(16)21)9-11-8-19-6-4-3-5-13(19)18-11/h3-8,10H,9H2,1-2H3,(H2,16,21). The van der Waals surface area contributed by atoms with Crippen LogP contribution < -0.4 is 10.6 Å². The molecule has 3 aromatic heterocycles. The molecule has 6 nitrogen and oxygen atoms in total. The molecule has 3 rings (SSSR count). The first kappa shape index (κ1) is 14.5. The van der Waals surface area contributed by atoms with Gasteiger partial charge in [-0.05, 0) is 18.1 Å². The summed E-state index contributed by atoms with van der Waals surface area (Å²) in [6.07, 6.45) is 5.60. The summed E-state index contributed by atoms with van der Waals surface area (Å²) in [6.45, 7) is 4.49. The van der Waals surface area contributed by atoms with Crippen LogP contribution in [-0.2, 0) is 6.54 Å². The van der Waals surface area contributed by atoms with E-state index in [4.69, 9.17) is 5.73 Å². The van der Waals surface area contributed by atoms with E-state index in [-0.39, 0.29) is 0 Å². The fourth-order valence-corrected chi connectivity index (χ4v) is 3.06. The van der Waals surface area contributed by atoms with Crippen molar-refractivity contribution in [3.63, 3.8) is 0 Å². The summed E-state index contributed by atoms with van der Waals surface area (Å²) in [5.41, 5.74) is 7.12. The number of hydrogen-bond donors (Lipinski definition) is 1. The Morgan fingerprint density at radius 1 is 1.45 bits per heavy atom. The Morgan fingerprint density at radius 3 is 2.91 bits per heavy atom. The molecule has 0 radical (unpaired) electrons. The van der Waals surface area contributed by atoms with Crippen LogP contribution in [0.25, 0.3) is 5.65 Å². The molecule has 7 heteroatoms. The fraction of sp³-hybridized carbons (Fsp3) is 0.267. The van der Waals surface area contributed by atoms with E-state index in [2.05, 4.69) is 23.8 Å². The van der Waals surface area contributed by atoms with Gasteiger partial charge < -0.3 is 10.1 Å². The maximum Gasteiger partial charge on any atom is 0.321 e. The number of nitrogens with two attached hydrogens (primary N) is 1. The lowest BCUT2D eigenvalue weighted by molar-refractivity contribution is 0.253. The molecule has 2 amide bonds. The number of thiazole rings is 1. The van der Waals surface area contributed by atoms with E-state index in [0.717, 1.165) is 16.2 Å². The minimum atomic E-state index is -0.526. The van der Waals surface area contributed by atoms with Crippen molar-refractivity contribution < 1.29 is 4.79 Å². The van der Waals surface area contributed by atoms with Gasteiger partial charge in [-0.15, -0.1) is 11.3 Å². The number of carbonyl (C=O) groups is 1. The summed E-state index contributed by atoms with van der Waals surface area (Å²) < 4.78 is 1.91. The van der Waals surface area contributed by atoms with Crippen molar-refractivity contribution in [1.82, 2.24) is 14.4 Å². The molecule has 114 valence electrons. The van der Waals surface area contributed by atoms with Crippen LogP contribution in [0.5, 0.6) is 0 Å². The Bertz CT molecular complexity index is 774. The molecule has 3 aromatic rings. The largest absolute Gasteiger partial charge is 0.351 e. The molecule has 0 aliphatic heterocycles. The summed E-state index contributed by atoms with van der Waals surface area (Å²) in [7, 11) is 0. The third-order valence-electron chi connectivity index (χ3n) is 3.31. The monoisotopic (exact) mass is 315 g/mol. The zero-order chi connectivity index (χ0) is 15.7. The zero-order valence-electron chi connectivity index (χ0n) is 12.4. The first-order chi connectivity index (χ1) is 10.5. The van der Waals surface area contributed by atoms with Crippen LogP contribution in [0, 0.1) is 0 Å². The Kier molecular flexibility index (Phi) is 3.81. The number of rotatable bonds is 4. The summed E-state index contributed by atoms with van der Waals surface area (Å²) in [6, 6.07) is 5.24. The molecule has 2 N–H and O–H groups in total. The second-order valence-electron chi connectivity index (χ2n) is 5.32. The number of nitrogens with zero attached hydrogens (tertiary/aromatic N) is 4. The number of primary amides is 1. The van der Waals surface area contributed by atoms with E-state index in [9.17, 15) is 4.79 Å². The van der Waals surface area contributed by atoms with Gasteiger partial charge in [0.2, 0.25) is 0 Å². The van der Waals surface area contributed by atoms with Gasteiger partial charge in [-0.1, -0.05) is 19.9 Å². The average Bonchev–Trinajstić information content (AvgIpc) is 3.10. The van der Waals surface area contributed by atoms with Crippen molar-refractivity contribution in [2.75, 3.05) is 4.90 Å². The van der Waals surface area contributed by atoms with E-state index in [1.54, 1.807) is 6.20 Å². The molecule has 0 fully saturated rings. The van der Waals surface area contributed by atoms with Gasteiger partial charge in [0.05, 0.1) is 12.2 Å². The second-order valence-corrected chi connectivity index (χ2v) is 6.36. The molecular weight excluding hydrogens is 298 g/mol. The average molecular weight is 315 g/mol. The molecule has 0 saturated heterocycles. The van der Waals surface area contributed by atoms with Crippen molar-refractivity contribution in [1.29, 1.82) is 0 Å². The normalized spacial score (nSPS) is 11.2. The SMILES string of the molecule is CC(C)c1cnc(N(Cc2cn3ccccc3n2)C(N)=O)s1. The maximum atomic E-state index is 11.8. The number of hydrogen-bond acceptors (Lipinski definition) is 4. The van der Waals surface area contributed by atoms with Crippen molar-refractivity contribution in [2.45, 2.75) is 26.3 Å². The molecule has 22 heavy (non-hydrogen) atoms. The van der Waals surface area contributed by atoms with Gasteiger partial charge in [-0.2, -0.15) is 0 Å². The van der Waals surface area contributed by atoms with Crippen molar-refractivity contribution >= 4 is 28.1 Å². The van der Waals surface area contributed by atoms with Crippen LogP contribution in [0.3, 0.4) is 0 Å². The van der Waals surface area contributed by atoms with Crippen LogP contribution in [-0.4, -0.2) is 20.4 Å². The quantitative estimate of drug-likeness (QED) is 0.804. The second kappa shape index (κ2) is 5.76. The van der Waals surface area contributed by atoms with Gasteiger partial charge >= 0.3 is 6.03 Å². The minimum absolute atomic E-state index is 0.308. The lowest BCUT2D eigenvalue weighted by Gasteiger charge is -2.15. The topological polar surface area (TPSA) is 76.5 Å². The summed E-state index contributed by atoms with van der Waals surface area (Å²) in [5.74, 6) is 0.371. The number of pyridine rings is 1. The van der Waals surface area contributed by atoms with Gasteiger partial charge in [0.1, 0.15) is 5.65 Å². The number of urea groups is 1. The number of carbonyl (C=O) groups excluding carboxylic acids is 1. The van der Waals surface area contributed by atoms with Gasteiger partial charge in [0.25, 0.3) is 0 Å². The maximum absolute atomic E-state index is 11.8. The Balaban J connectivity index is 1.89. The number of anilines is 1. The molecule has 3 heterocycles. The smallest absolute Gasteiger partial charge is 0.321 e. The lowest BCUT2D eigenvalue weighted by Crippen LogP contribution is -2.35. The molecule has 0 spiro atoms. The van der Waals surface area contributed by atoms with E-state index in [1.807, 2.05) is 35.0 Å². The Hall–Kier alpha value is -2.41. The van der Waals surface area contributed by atoms with E-state index in [0.29, 0.717) is 17.6 Å². The van der Waals surface area contributed by atoms with Crippen LogP contribution in [0.2, 0.25) is 0 Å². The highest BCUT2D eigenvalue weighted by Gasteiger charge is 2.19. The third-order valence-corrected chi connectivity index (χ3v) is 4.63. The fourth-order valence-electron chi connectivity index (χ4n) is 2.13. The predicted octanol–water partition coefficient (Wildman–Crippen LogP) is 3.00. The zero-order valence-corrected chi connectivity index (χ0v) is 13.2. The van der Waals surface area contributed by atoms with Crippen molar-refractivity contribution in [3.8, 4) is 0 Å². The first-order valence-electron chi connectivity index (χ1n) is 7.00. The molecule has 0 atom stereocenters. The van der Waals surface area contributed by atoms with Crippen molar-refractivity contribution in [3.05, 3.63) is 47.4 Å². The molecule has 0 saturated carbocycles.